The van der Waals surface area contributed by atoms with Gasteiger partial charge in [-0.05, 0) is 38.0 Å². The third kappa shape index (κ3) is 2.51. The number of nitrogens with two attached hydrogens (primary N) is 1. The van der Waals surface area contributed by atoms with Gasteiger partial charge < -0.3 is 10.6 Å². The largest absolute Gasteiger partial charge is 0.338 e. The Morgan fingerprint density at radius 1 is 1.20 bits per heavy atom. The average molecular weight is 210 g/mol. The molecule has 3 nitrogen and oxygen atoms in total. The highest BCUT2D eigenvalue weighted by Gasteiger charge is 2.28. The van der Waals surface area contributed by atoms with Crippen molar-refractivity contribution in [2.24, 2.45) is 11.7 Å². The van der Waals surface area contributed by atoms with Gasteiger partial charge in [0.1, 0.15) is 0 Å². The van der Waals surface area contributed by atoms with E-state index in [4.69, 9.17) is 5.73 Å². The van der Waals surface area contributed by atoms with E-state index in [0.29, 0.717) is 24.4 Å². The summed E-state index contributed by atoms with van der Waals surface area (Å²) in [5.74, 6) is 1.03. The van der Waals surface area contributed by atoms with Crippen LogP contribution >= 0.6 is 0 Å². The lowest BCUT2D eigenvalue weighted by atomic mass is 9.82. The molecule has 0 bridgehead atoms. The molecule has 0 aromatic heterocycles. The quantitative estimate of drug-likeness (QED) is 0.767. The molecule has 2 aliphatic rings. The molecule has 2 rings (SSSR count). The molecule has 0 radical (unpaired) electrons. The van der Waals surface area contributed by atoms with Gasteiger partial charge in [-0.1, -0.05) is 6.42 Å². The Kier molecular flexibility index (Phi) is 3.62. The molecule has 2 fully saturated rings. The van der Waals surface area contributed by atoms with Gasteiger partial charge in [0.05, 0.1) is 0 Å². The Hall–Kier alpha value is -0.570. The maximum Gasteiger partial charge on any atom is 0.223 e. The summed E-state index contributed by atoms with van der Waals surface area (Å²) in [6, 6.07) is 0.325. The number of likely N-dealkylation sites (tertiary alicyclic amines) is 1. The second-order valence-corrected chi connectivity index (χ2v) is 4.97. The van der Waals surface area contributed by atoms with Gasteiger partial charge in [-0.15, -0.1) is 0 Å². The molecule has 15 heavy (non-hydrogen) atoms. The van der Waals surface area contributed by atoms with Gasteiger partial charge in [0, 0.05) is 25.6 Å². The van der Waals surface area contributed by atoms with Gasteiger partial charge in [-0.25, -0.2) is 0 Å². The summed E-state index contributed by atoms with van der Waals surface area (Å²) >= 11 is 0. The van der Waals surface area contributed by atoms with Crippen molar-refractivity contribution in [3.05, 3.63) is 0 Å². The maximum absolute atomic E-state index is 12.0. The predicted molar refractivity (Wildman–Crippen MR) is 60.4 cm³/mol. The normalized spacial score (nSPS) is 27.5. The monoisotopic (exact) mass is 210 g/mol. The molecule has 0 spiro atoms. The van der Waals surface area contributed by atoms with E-state index in [2.05, 4.69) is 0 Å². The van der Waals surface area contributed by atoms with Crippen molar-refractivity contribution in [2.75, 3.05) is 13.1 Å². The van der Waals surface area contributed by atoms with Gasteiger partial charge in [0.2, 0.25) is 5.91 Å². The Labute approximate surface area is 92.0 Å². The van der Waals surface area contributed by atoms with Crippen molar-refractivity contribution >= 4 is 5.91 Å². The van der Waals surface area contributed by atoms with Crippen LogP contribution in [-0.2, 0) is 4.79 Å². The summed E-state index contributed by atoms with van der Waals surface area (Å²) in [5.41, 5.74) is 5.71. The minimum absolute atomic E-state index is 0.325. The lowest BCUT2D eigenvalue weighted by molar-refractivity contribution is -0.136. The second-order valence-electron chi connectivity index (χ2n) is 4.97. The first-order valence-corrected chi connectivity index (χ1v) is 6.31. The molecular weight excluding hydrogens is 188 g/mol. The number of nitrogens with zero attached hydrogens (tertiary/aromatic N) is 1. The Balaban J connectivity index is 1.85. The fourth-order valence-corrected chi connectivity index (χ4v) is 2.64. The molecule has 1 amide bonds. The predicted octanol–water partition coefficient (Wildman–Crippen LogP) is 1.52. The van der Waals surface area contributed by atoms with Crippen LogP contribution in [0.2, 0.25) is 0 Å². The van der Waals surface area contributed by atoms with Crippen LogP contribution in [0.25, 0.3) is 0 Å². The number of hydrogen-bond acceptors (Lipinski definition) is 2. The van der Waals surface area contributed by atoms with Crippen LogP contribution in [0.15, 0.2) is 0 Å². The van der Waals surface area contributed by atoms with E-state index < -0.39 is 0 Å². The zero-order valence-corrected chi connectivity index (χ0v) is 9.45. The van der Waals surface area contributed by atoms with Crippen molar-refractivity contribution in [1.29, 1.82) is 0 Å². The minimum atomic E-state index is 0.325. The highest BCUT2D eigenvalue weighted by Crippen LogP contribution is 2.30. The molecule has 1 aliphatic heterocycles. The summed E-state index contributed by atoms with van der Waals surface area (Å²) in [5, 5.41) is 0. The fraction of sp³-hybridized carbons (Fsp3) is 0.917. The molecule has 1 saturated carbocycles. The van der Waals surface area contributed by atoms with Crippen LogP contribution in [0.1, 0.15) is 44.9 Å². The van der Waals surface area contributed by atoms with Crippen molar-refractivity contribution in [2.45, 2.75) is 51.0 Å². The first-order valence-electron chi connectivity index (χ1n) is 6.31. The summed E-state index contributed by atoms with van der Waals surface area (Å²) in [4.78, 5) is 14.1. The van der Waals surface area contributed by atoms with Crippen LogP contribution in [0, 0.1) is 5.92 Å². The summed E-state index contributed by atoms with van der Waals surface area (Å²) in [6.45, 7) is 1.57. The van der Waals surface area contributed by atoms with E-state index in [9.17, 15) is 4.79 Å². The molecule has 0 aromatic rings. The SMILES string of the molecule is NCC1CCCCN1C(=O)CC1CCC1. The van der Waals surface area contributed by atoms with Crippen molar-refractivity contribution in [1.82, 2.24) is 4.90 Å². The van der Waals surface area contributed by atoms with Crippen LogP contribution in [0.3, 0.4) is 0 Å². The van der Waals surface area contributed by atoms with E-state index in [1.807, 2.05) is 4.90 Å². The van der Waals surface area contributed by atoms with Crippen molar-refractivity contribution < 1.29 is 4.79 Å². The van der Waals surface area contributed by atoms with E-state index in [1.54, 1.807) is 0 Å². The number of carbonyl (C=O) groups excluding carboxylic acids is 1. The highest BCUT2D eigenvalue weighted by atomic mass is 16.2. The second kappa shape index (κ2) is 4.97. The molecule has 1 aliphatic carbocycles. The van der Waals surface area contributed by atoms with Crippen molar-refractivity contribution in [3.8, 4) is 0 Å². The van der Waals surface area contributed by atoms with Crippen molar-refractivity contribution in [3.63, 3.8) is 0 Å². The molecule has 1 saturated heterocycles. The van der Waals surface area contributed by atoms with Crippen LogP contribution < -0.4 is 5.73 Å². The zero-order valence-electron chi connectivity index (χ0n) is 9.45. The first kappa shape index (κ1) is 10.9. The Bertz CT molecular complexity index is 226. The smallest absolute Gasteiger partial charge is 0.223 e. The molecule has 1 unspecified atom stereocenters. The summed E-state index contributed by atoms with van der Waals surface area (Å²) in [7, 11) is 0. The molecular formula is C12H22N2O. The third-order valence-electron chi connectivity index (χ3n) is 3.91. The zero-order chi connectivity index (χ0) is 10.7. The van der Waals surface area contributed by atoms with E-state index in [1.165, 1.54) is 25.7 Å². The molecule has 1 heterocycles. The lowest BCUT2D eigenvalue weighted by Crippen LogP contribution is -2.48. The van der Waals surface area contributed by atoms with E-state index in [0.717, 1.165) is 25.8 Å². The topological polar surface area (TPSA) is 46.3 Å². The standard InChI is InChI=1S/C12H22N2O/c13-9-11-6-1-2-7-14(11)12(15)8-10-4-3-5-10/h10-11H,1-9,13H2. The van der Waals surface area contributed by atoms with Crippen LogP contribution in [0.4, 0.5) is 0 Å². The van der Waals surface area contributed by atoms with Crippen LogP contribution in [0.5, 0.6) is 0 Å². The number of rotatable bonds is 3. The number of carbonyl (C=O) groups is 1. The van der Waals surface area contributed by atoms with Gasteiger partial charge >= 0.3 is 0 Å². The maximum atomic E-state index is 12.0. The van der Waals surface area contributed by atoms with Gasteiger partial charge in [0.15, 0.2) is 0 Å². The molecule has 86 valence electrons. The summed E-state index contributed by atoms with van der Waals surface area (Å²) in [6.07, 6.45) is 8.10. The van der Waals surface area contributed by atoms with Gasteiger partial charge in [-0.2, -0.15) is 0 Å². The van der Waals surface area contributed by atoms with Crippen LogP contribution in [-0.4, -0.2) is 29.9 Å². The van der Waals surface area contributed by atoms with Gasteiger partial charge in [0.25, 0.3) is 0 Å². The lowest BCUT2D eigenvalue weighted by Gasteiger charge is -2.37. The average Bonchev–Trinajstić information content (AvgIpc) is 2.23. The molecule has 0 aromatic carbocycles. The third-order valence-corrected chi connectivity index (χ3v) is 3.91. The first-order chi connectivity index (χ1) is 7.31. The Morgan fingerprint density at radius 2 is 2.00 bits per heavy atom. The minimum Gasteiger partial charge on any atom is -0.338 e. The molecule has 1 atom stereocenters. The van der Waals surface area contributed by atoms with E-state index >= 15 is 0 Å². The number of hydrogen-bond donors (Lipinski definition) is 1. The number of amides is 1. The molecule has 3 heteroatoms. The highest BCUT2D eigenvalue weighted by molar-refractivity contribution is 5.77. The Morgan fingerprint density at radius 3 is 2.60 bits per heavy atom. The van der Waals surface area contributed by atoms with Gasteiger partial charge in [-0.3, -0.25) is 4.79 Å². The fourth-order valence-electron chi connectivity index (χ4n) is 2.64. The van der Waals surface area contributed by atoms with E-state index in [-0.39, 0.29) is 0 Å². The number of piperidine rings is 1. The summed E-state index contributed by atoms with van der Waals surface area (Å²) < 4.78 is 0. The molecule has 2 N–H and O–H groups in total.